The molecular formula is C25H19NO6S. The Morgan fingerprint density at radius 3 is 2.52 bits per heavy atom. The van der Waals surface area contributed by atoms with E-state index in [1.54, 1.807) is 36.4 Å². The van der Waals surface area contributed by atoms with Crippen molar-refractivity contribution in [1.29, 1.82) is 0 Å². The van der Waals surface area contributed by atoms with Crippen molar-refractivity contribution in [2.24, 2.45) is 0 Å². The number of ether oxygens (including phenoxy) is 2. The number of carbonyl (C=O) groups excluding carboxylic acids is 2. The lowest BCUT2D eigenvalue weighted by Gasteiger charge is -2.16. The summed E-state index contributed by atoms with van der Waals surface area (Å²) < 4.78 is 37.7. The SMILES string of the molecule is COC(=O)c1ccc2c(c1)/C(=C/CN1C(=O)c3ccccc3S1(=O)=O)c1ccccc1CO2. The molecule has 0 radical (unpaired) electrons. The van der Waals surface area contributed by atoms with Crippen LogP contribution in [0.5, 0.6) is 5.75 Å². The Kier molecular flexibility index (Phi) is 5.02. The van der Waals surface area contributed by atoms with Crippen LogP contribution in [0.3, 0.4) is 0 Å². The van der Waals surface area contributed by atoms with Gasteiger partial charge in [0.05, 0.1) is 24.8 Å². The maximum absolute atomic E-state index is 13.0. The lowest BCUT2D eigenvalue weighted by Crippen LogP contribution is -2.30. The third-order valence-corrected chi connectivity index (χ3v) is 7.56. The van der Waals surface area contributed by atoms with E-state index in [0.717, 1.165) is 15.4 Å². The van der Waals surface area contributed by atoms with Gasteiger partial charge in [0.2, 0.25) is 0 Å². The van der Waals surface area contributed by atoms with Crippen LogP contribution in [0.15, 0.2) is 77.7 Å². The zero-order chi connectivity index (χ0) is 23.2. The summed E-state index contributed by atoms with van der Waals surface area (Å²) in [5.41, 5.74) is 3.52. The number of carbonyl (C=O) groups is 2. The first-order valence-corrected chi connectivity index (χ1v) is 11.7. The first kappa shape index (κ1) is 21.0. The fourth-order valence-corrected chi connectivity index (χ4v) is 5.63. The van der Waals surface area contributed by atoms with Crippen LogP contribution in [0.1, 0.15) is 37.4 Å². The van der Waals surface area contributed by atoms with Gasteiger partial charge in [-0.15, -0.1) is 0 Å². The van der Waals surface area contributed by atoms with Crippen molar-refractivity contribution in [3.63, 3.8) is 0 Å². The molecule has 8 heteroatoms. The van der Waals surface area contributed by atoms with Crippen LogP contribution in [0.2, 0.25) is 0 Å². The number of rotatable bonds is 3. The Labute approximate surface area is 190 Å². The van der Waals surface area contributed by atoms with Crippen molar-refractivity contribution in [1.82, 2.24) is 4.31 Å². The van der Waals surface area contributed by atoms with Gasteiger partial charge in [-0.3, -0.25) is 4.79 Å². The van der Waals surface area contributed by atoms with Gasteiger partial charge in [-0.1, -0.05) is 42.5 Å². The highest BCUT2D eigenvalue weighted by Gasteiger charge is 2.40. The van der Waals surface area contributed by atoms with Crippen LogP contribution in [-0.2, 0) is 21.4 Å². The zero-order valence-electron chi connectivity index (χ0n) is 17.6. The molecule has 2 heterocycles. The second kappa shape index (κ2) is 7.90. The van der Waals surface area contributed by atoms with Gasteiger partial charge >= 0.3 is 5.97 Å². The summed E-state index contributed by atoms with van der Waals surface area (Å²) in [6.07, 6.45) is 1.69. The monoisotopic (exact) mass is 461 g/mol. The molecule has 0 spiro atoms. The highest BCUT2D eigenvalue weighted by molar-refractivity contribution is 7.90. The predicted octanol–water partition coefficient (Wildman–Crippen LogP) is 3.64. The highest BCUT2D eigenvalue weighted by atomic mass is 32.2. The number of sulfonamides is 1. The van der Waals surface area contributed by atoms with Gasteiger partial charge in [-0.05, 0) is 47.0 Å². The maximum atomic E-state index is 13.0. The molecule has 0 fully saturated rings. The highest BCUT2D eigenvalue weighted by Crippen LogP contribution is 2.38. The van der Waals surface area contributed by atoms with E-state index in [4.69, 9.17) is 9.47 Å². The maximum Gasteiger partial charge on any atom is 0.337 e. The third-order valence-electron chi connectivity index (χ3n) is 5.75. The molecule has 166 valence electrons. The van der Waals surface area contributed by atoms with E-state index in [0.29, 0.717) is 29.1 Å². The van der Waals surface area contributed by atoms with E-state index in [-0.39, 0.29) is 17.0 Å². The van der Waals surface area contributed by atoms with Crippen LogP contribution in [0, 0.1) is 0 Å². The zero-order valence-corrected chi connectivity index (χ0v) is 18.5. The second-order valence-corrected chi connectivity index (χ2v) is 9.43. The van der Waals surface area contributed by atoms with Crippen LogP contribution < -0.4 is 4.74 Å². The lowest BCUT2D eigenvalue weighted by molar-refractivity contribution is 0.0600. The molecule has 0 aromatic heterocycles. The number of amides is 1. The van der Waals surface area contributed by atoms with Crippen molar-refractivity contribution in [2.45, 2.75) is 11.5 Å². The summed E-state index contributed by atoms with van der Waals surface area (Å²) in [5.74, 6) is -0.518. The normalized spacial score (nSPS) is 16.9. The van der Waals surface area contributed by atoms with Crippen molar-refractivity contribution >= 4 is 27.5 Å². The first-order valence-electron chi connectivity index (χ1n) is 10.2. The van der Waals surface area contributed by atoms with Crippen LogP contribution in [-0.4, -0.2) is 38.3 Å². The Morgan fingerprint density at radius 1 is 1.03 bits per heavy atom. The van der Waals surface area contributed by atoms with Crippen molar-refractivity contribution < 1.29 is 27.5 Å². The molecule has 0 atom stereocenters. The minimum atomic E-state index is -3.95. The third kappa shape index (κ3) is 3.39. The molecule has 0 unspecified atom stereocenters. The molecule has 33 heavy (non-hydrogen) atoms. The van der Waals surface area contributed by atoms with E-state index in [9.17, 15) is 18.0 Å². The van der Waals surface area contributed by atoms with Gasteiger partial charge in [-0.2, -0.15) is 0 Å². The van der Waals surface area contributed by atoms with E-state index in [1.165, 1.54) is 19.2 Å². The molecule has 5 rings (SSSR count). The smallest absolute Gasteiger partial charge is 0.337 e. The Hall–Kier alpha value is -3.91. The predicted molar refractivity (Wildman–Crippen MR) is 120 cm³/mol. The van der Waals surface area contributed by atoms with Crippen molar-refractivity contribution in [3.8, 4) is 5.75 Å². The summed E-state index contributed by atoms with van der Waals surface area (Å²) in [5, 5.41) is 0. The molecular weight excluding hydrogens is 442 g/mol. The molecule has 0 saturated heterocycles. The molecule has 0 bridgehead atoms. The van der Waals surface area contributed by atoms with Gasteiger partial charge in [0.25, 0.3) is 15.9 Å². The van der Waals surface area contributed by atoms with E-state index >= 15 is 0 Å². The molecule has 3 aromatic carbocycles. The topological polar surface area (TPSA) is 90.0 Å². The molecule has 7 nitrogen and oxygen atoms in total. The largest absolute Gasteiger partial charge is 0.488 e. The van der Waals surface area contributed by atoms with Crippen molar-refractivity contribution in [2.75, 3.05) is 13.7 Å². The average molecular weight is 461 g/mol. The quantitative estimate of drug-likeness (QED) is 0.553. The van der Waals surface area contributed by atoms with Crippen LogP contribution in [0.25, 0.3) is 5.57 Å². The Morgan fingerprint density at radius 2 is 1.76 bits per heavy atom. The molecule has 3 aromatic rings. The van der Waals surface area contributed by atoms with Crippen molar-refractivity contribution in [3.05, 3.63) is 101 Å². The number of benzene rings is 3. The van der Waals surface area contributed by atoms with E-state index in [2.05, 4.69) is 0 Å². The molecule has 0 N–H and O–H groups in total. The van der Waals surface area contributed by atoms with Gasteiger partial charge in [-0.25, -0.2) is 17.5 Å². The molecule has 0 saturated carbocycles. The summed E-state index contributed by atoms with van der Waals surface area (Å²) in [7, 11) is -2.65. The van der Waals surface area contributed by atoms with Gasteiger partial charge in [0.1, 0.15) is 17.3 Å². The summed E-state index contributed by atoms with van der Waals surface area (Å²) >= 11 is 0. The van der Waals surface area contributed by atoms with Gasteiger partial charge < -0.3 is 9.47 Å². The fraction of sp³-hybridized carbons (Fsp3) is 0.120. The number of hydrogen-bond donors (Lipinski definition) is 0. The standard InChI is InChI=1S/C25H19NO6S/c1-31-25(28)16-10-11-22-21(14-16)19(18-7-3-2-6-17(18)15-32-22)12-13-26-24(27)20-8-4-5-9-23(20)33(26,29)30/h2-12,14H,13,15H2,1H3/b19-12+. The number of fused-ring (bicyclic) bond motifs is 3. The van der Waals surface area contributed by atoms with Crippen LogP contribution >= 0.6 is 0 Å². The Balaban J connectivity index is 1.63. The summed E-state index contributed by atoms with van der Waals surface area (Å²) in [4.78, 5) is 25.0. The van der Waals surface area contributed by atoms with Crippen LogP contribution in [0.4, 0.5) is 0 Å². The second-order valence-electron chi connectivity index (χ2n) is 7.60. The molecule has 2 aliphatic rings. The lowest BCUT2D eigenvalue weighted by atomic mass is 9.93. The minimum absolute atomic E-state index is 0.00591. The fourth-order valence-electron chi connectivity index (χ4n) is 4.13. The number of hydrogen-bond acceptors (Lipinski definition) is 6. The summed E-state index contributed by atoms with van der Waals surface area (Å²) in [6, 6.07) is 18.7. The molecule has 0 aliphatic carbocycles. The van der Waals surface area contributed by atoms with E-state index in [1.807, 2.05) is 24.3 Å². The Bertz CT molecular complexity index is 1440. The average Bonchev–Trinajstić information content (AvgIpc) is 2.95. The first-order chi connectivity index (χ1) is 15.9. The number of esters is 1. The molecule has 1 amide bonds. The number of methoxy groups -OCH3 is 1. The summed E-state index contributed by atoms with van der Waals surface area (Å²) in [6.45, 7) is 0.145. The van der Waals surface area contributed by atoms with E-state index < -0.39 is 21.9 Å². The van der Waals surface area contributed by atoms with Gasteiger partial charge in [0, 0.05) is 5.56 Å². The van der Waals surface area contributed by atoms with Gasteiger partial charge in [0.15, 0.2) is 0 Å². The minimum Gasteiger partial charge on any atom is -0.488 e. The number of nitrogens with zero attached hydrogens (tertiary/aromatic N) is 1. The molecule has 2 aliphatic heterocycles.